The summed E-state index contributed by atoms with van der Waals surface area (Å²) < 4.78 is 0. The number of nitrogen functional groups attached to an aromatic ring is 1. The van der Waals surface area contributed by atoms with Gasteiger partial charge < -0.3 is 11.5 Å². The number of nitrogens with two attached hydrogens (primary N) is 2. The summed E-state index contributed by atoms with van der Waals surface area (Å²) in [5.41, 5.74) is 12.4. The number of anilines is 1. The van der Waals surface area contributed by atoms with Crippen LogP contribution in [0.15, 0.2) is 29.4 Å². The van der Waals surface area contributed by atoms with Crippen LogP contribution in [0.1, 0.15) is 17.3 Å². The Balaban J connectivity index is 2.28. The van der Waals surface area contributed by atoms with Crippen LogP contribution >= 0.6 is 0 Å². The summed E-state index contributed by atoms with van der Waals surface area (Å²) in [5, 5.41) is 4.64. The minimum Gasteiger partial charge on any atom is -0.399 e. The molecule has 1 atom stereocenters. The van der Waals surface area contributed by atoms with Gasteiger partial charge in [-0.1, -0.05) is 0 Å². The molecular weight excluding hydrogens is 220 g/mol. The van der Waals surface area contributed by atoms with Crippen molar-refractivity contribution in [3.05, 3.63) is 29.8 Å². The molecule has 17 heavy (non-hydrogen) atoms. The Morgan fingerprint density at radius 3 is 2.41 bits per heavy atom. The molecule has 4 N–H and O–H groups in total. The maximum absolute atomic E-state index is 12.0. The van der Waals surface area contributed by atoms with E-state index in [1.54, 1.807) is 31.2 Å². The highest BCUT2D eigenvalue weighted by molar-refractivity contribution is 6.18. The SMILES string of the molecule is CC1=NN(C(=O)c2ccc(N)cc2)C(=O)C1N. The van der Waals surface area contributed by atoms with E-state index in [2.05, 4.69) is 5.10 Å². The van der Waals surface area contributed by atoms with Gasteiger partial charge in [0.15, 0.2) is 0 Å². The largest absolute Gasteiger partial charge is 0.399 e. The zero-order chi connectivity index (χ0) is 12.6. The first-order valence-corrected chi connectivity index (χ1v) is 5.05. The average molecular weight is 232 g/mol. The predicted molar refractivity (Wildman–Crippen MR) is 63.1 cm³/mol. The van der Waals surface area contributed by atoms with E-state index in [-0.39, 0.29) is 0 Å². The van der Waals surface area contributed by atoms with Gasteiger partial charge in [-0.15, -0.1) is 0 Å². The van der Waals surface area contributed by atoms with Crippen molar-refractivity contribution in [2.24, 2.45) is 10.8 Å². The molecular formula is C11H12N4O2. The normalized spacial score (nSPS) is 19.4. The number of hydrogen-bond donors (Lipinski definition) is 2. The number of nitrogens with zero attached hydrogens (tertiary/aromatic N) is 2. The molecule has 88 valence electrons. The van der Waals surface area contributed by atoms with Crippen molar-refractivity contribution in [1.29, 1.82) is 0 Å². The standard InChI is InChI=1S/C11H12N4O2/c1-6-9(13)11(17)15(14-6)10(16)7-2-4-8(12)5-3-7/h2-5,9H,12-13H2,1H3. The maximum atomic E-state index is 12.0. The fourth-order valence-corrected chi connectivity index (χ4v) is 1.47. The second-order valence-electron chi connectivity index (χ2n) is 3.80. The first-order valence-electron chi connectivity index (χ1n) is 5.05. The van der Waals surface area contributed by atoms with Gasteiger partial charge in [-0.05, 0) is 31.2 Å². The molecule has 2 amide bonds. The summed E-state index contributed by atoms with van der Waals surface area (Å²) in [7, 11) is 0. The van der Waals surface area contributed by atoms with Crippen LogP contribution in [0.25, 0.3) is 0 Å². The molecule has 6 heteroatoms. The Kier molecular flexibility index (Phi) is 2.64. The quantitative estimate of drug-likeness (QED) is 0.523. The van der Waals surface area contributed by atoms with Crippen molar-refractivity contribution in [3.8, 4) is 0 Å². The highest BCUT2D eigenvalue weighted by Gasteiger charge is 2.34. The van der Waals surface area contributed by atoms with Crippen LogP contribution in [-0.4, -0.2) is 28.6 Å². The fraction of sp³-hybridized carbons (Fsp3) is 0.182. The molecule has 0 saturated carbocycles. The molecule has 1 aliphatic rings. The molecule has 0 aliphatic carbocycles. The first-order chi connectivity index (χ1) is 8.00. The lowest BCUT2D eigenvalue weighted by atomic mass is 10.2. The summed E-state index contributed by atoms with van der Waals surface area (Å²) in [4.78, 5) is 23.6. The van der Waals surface area contributed by atoms with Crippen LogP contribution in [0, 0.1) is 0 Å². The molecule has 0 fully saturated rings. The molecule has 0 aromatic heterocycles. The Morgan fingerprint density at radius 1 is 1.35 bits per heavy atom. The van der Waals surface area contributed by atoms with Gasteiger partial charge >= 0.3 is 0 Å². The van der Waals surface area contributed by atoms with E-state index in [0.29, 0.717) is 17.0 Å². The Hall–Kier alpha value is -2.21. The number of carbonyl (C=O) groups is 2. The smallest absolute Gasteiger partial charge is 0.281 e. The first kappa shape index (κ1) is 11.3. The Bertz CT molecular complexity index is 507. The minimum absolute atomic E-state index is 0.346. The van der Waals surface area contributed by atoms with Crippen LogP contribution in [0.4, 0.5) is 5.69 Å². The van der Waals surface area contributed by atoms with Crippen LogP contribution < -0.4 is 11.5 Å². The van der Waals surface area contributed by atoms with Gasteiger partial charge in [0.2, 0.25) is 0 Å². The highest BCUT2D eigenvalue weighted by atomic mass is 16.2. The summed E-state index contributed by atoms with van der Waals surface area (Å²) in [6, 6.07) is 5.43. The van der Waals surface area contributed by atoms with E-state index in [4.69, 9.17) is 11.5 Å². The predicted octanol–water partition coefficient (Wildman–Crippen LogP) is -0.0456. The third-order valence-corrected chi connectivity index (χ3v) is 2.53. The fourth-order valence-electron chi connectivity index (χ4n) is 1.47. The molecule has 1 unspecified atom stereocenters. The molecule has 2 rings (SSSR count). The van der Waals surface area contributed by atoms with Gasteiger partial charge in [-0.3, -0.25) is 9.59 Å². The third kappa shape index (κ3) is 1.90. The molecule has 1 aliphatic heterocycles. The molecule has 0 spiro atoms. The van der Waals surface area contributed by atoms with E-state index >= 15 is 0 Å². The molecule has 1 heterocycles. The average Bonchev–Trinajstić information content (AvgIpc) is 2.57. The summed E-state index contributed by atoms with van der Waals surface area (Å²) in [5.74, 6) is -1.01. The second kappa shape index (κ2) is 3.99. The Morgan fingerprint density at radius 2 is 1.94 bits per heavy atom. The zero-order valence-corrected chi connectivity index (χ0v) is 9.25. The van der Waals surface area contributed by atoms with E-state index < -0.39 is 17.9 Å². The third-order valence-electron chi connectivity index (χ3n) is 2.53. The van der Waals surface area contributed by atoms with E-state index in [1.165, 1.54) is 0 Å². The highest BCUT2D eigenvalue weighted by Crippen LogP contribution is 2.14. The summed E-state index contributed by atoms with van der Waals surface area (Å²) >= 11 is 0. The van der Waals surface area contributed by atoms with Crippen molar-refractivity contribution in [2.75, 3.05) is 5.73 Å². The van der Waals surface area contributed by atoms with Crippen LogP contribution in [0.3, 0.4) is 0 Å². The number of amides is 2. The topological polar surface area (TPSA) is 102 Å². The molecule has 0 saturated heterocycles. The molecule has 0 radical (unpaired) electrons. The van der Waals surface area contributed by atoms with Gasteiger partial charge in [0.1, 0.15) is 6.04 Å². The van der Waals surface area contributed by atoms with Crippen LogP contribution in [-0.2, 0) is 4.79 Å². The summed E-state index contributed by atoms with van der Waals surface area (Å²) in [6.07, 6.45) is 0. The van der Waals surface area contributed by atoms with E-state index in [1.807, 2.05) is 0 Å². The van der Waals surface area contributed by atoms with Crippen molar-refractivity contribution in [2.45, 2.75) is 13.0 Å². The lowest BCUT2D eigenvalue weighted by molar-refractivity contribution is -0.127. The summed E-state index contributed by atoms with van der Waals surface area (Å²) in [6.45, 7) is 1.61. The number of hydrazone groups is 1. The lowest BCUT2D eigenvalue weighted by Crippen LogP contribution is -2.40. The number of carbonyl (C=O) groups excluding carboxylic acids is 2. The van der Waals surface area contributed by atoms with Gasteiger partial charge in [-0.25, -0.2) is 0 Å². The van der Waals surface area contributed by atoms with E-state index in [9.17, 15) is 9.59 Å². The number of rotatable bonds is 1. The van der Waals surface area contributed by atoms with Gasteiger partial charge in [0.25, 0.3) is 11.8 Å². The number of imide groups is 1. The molecule has 6 nitrogen and oxygen atoms in total. The van der Waals surface area contributed by atoms with Crippen LogP contribution in [0.5, 0.6) is 0 Å². The monoisotopic (exact) mass is 232 g/mol. The van der Waals surface area contributed by atoms with Crippen molar-refractivity contribution >= 4 is 23.2 Å². The zero-order valence-electron chi connectivity index (χ0n) is 9.25. The minimum atomic E-state index is -0.826. The lowest BCUT2D eigenvalue weighted by Gasteiger charge is -2.10. The van der Waals surface area contributed by atoms with Crippen molar-refractivity contribution < 1.29 is 9.59 Å². The number of benzene rings is 1. The van der Waals surface area contributed by atoms with Crippen molar-refractivity contribution in [3.63, 3.8) is 0 Å². The van der Waals surface area contributed by atoms with Gasteiger partial charge in [0.05, 0.1) is 5.71 Å². The number of hydrogen-bond acceptors (Lipinski definition) is 5. The van der Waals surface area contributed by atoms with Crippen molar-refractivity contribution in [1.82, 2.24) is 5.01 Å². The molecule has 0 bridgehead atoms. The van der Waals surface area contributed by atoms with Gasteiger partial charge in [0, 0.05) is 11.3 Å². The Labute approximate surface area is 97.9 Å². The maximum Gasteiger partial charge on any atom is 0.281 e. The van der Waals surface area contributed by atoms with Crippen LogP contribution in [0.2, 0.25) is 0 Å². The van der Waals surface area contributed by atoms with E-state index in [0.717, 1.165) is 5.01 Å². The van der Waals surface area contributed by atoms with Gasteiger partial charge in [-0.2, -0.15) is 10.1 Å². The second-order valence-corrected chi connectivity index (χ2v) is 3.80. The molecule has 1 aromatic carbocycles. The molecule has 1 aromatic rings.